The summed E-state index contributed by atoms with van der Waals surface area (Å²) in [5, 5.41) is 25.5. The van der Waals surface area contributed by atoms with Crippen molar-refractivity contribution in [3.8, 4) is 0 Å². The molecule has 3 rings (SSSR count). The molecule has 0 heterocycles. The predicted octanol–water partition coefficient (Wildman–Crippen LogP) is 8.73. The first-order chi connectivity index (χ1) is 22.8. The number of hydrogen-bond acceptors (Lipinski definition) is 6. The molecule has 0 aliphatic carbocycles. The average Bonchev–Trinajstić information content (AvgIpc) is 2.95. The van der Waals surface area contributed by atoms with E-state index in [9.17, 15) is 71.9 Å². The highest BCUT2D eigenvalue weighted by molar-refractivity contribution is 14.2. The predicted molar refractivity (Wildman–Crippen MR) is 168 cm³/mol. The minimum atomic E-state index is -5.14. The Morgan fingerprint density at radius 1 is 0.540 bits per heavy atom. The number of alkyl halides is 9. The van der Waals surface area contributed by atoms with E-state index in [1.54, 1.807) is 0 Å². The molecule has 0 radical (unpaired) electrons. The van der Waals surface area contributed by atoms with Gasteiger partial charge in [0.1, 0.15) is 11.6 Å². The normalized spacial score (nSPS) is 11.5. The molecule has 0 atom stereocenters. The highest BCUT2D eigenvalue weighted by Crippen LogP contribution is 2.40. The van der Waals surface area contributed by atoms with Gasteiger partial charge in [0.25, 0.3) is 0 Å². The Labute approximate surface area is 302 Å². The molecule has 50 heavy (non-hydrogen) atoms. The highest BCUT2D eigenvalue weighted by atomic mass is 127. The second-order valence-corrected chi connectivity index (χ2v) is 13.7. The number of hydrogen-bond donors (Lipinski definition) is 3. The maximum atomic E-state index is 13.0. The number of carboxylic acids is 3. The molecule has 0 aromatic heterocycles. The fourth-order valence-corrected chi connectivity index (χ4v) is 6.83. The molecule has 0 bridgehead atoms. The second kappa shape index (κ2) is 18.9. The number of benzene rings is 3. The maximum Gasteiger partial charge on any atom is 0.417 e. The van der Waals surface area contributed by atoms with Gasteiger partial charge in [-0.05, 0) is 53.1 Å². The van der Waals surface area contributed by atoms with Crippen LogP contribution in [0.2, 0.25) is 0 Å². The Hall–Kier alpha value is -3.11. The van der Waals surface area contributed by atoms with E-state index < -0.39 is 157 Å². The third-order valence-corrected chi connectivity index (χ3v) is 10.4. The van der Waals surface area contributed by atoms with E-state index in [0.717, 1.165) is 24.3 Å². The number of halogens is 14. The van der Waals surface area contributed by atoms with E-state index in [4.69, 9.17) is 15.3 Å². The van der Waals surface area contributed by atoms with Crippen molar-refractivity contribution < 1.29 is 87.2 Å². The molecule has 3 aromatic rings. The lowest BCUT2D eigenvalue weighted by Gasteiger charge is -2.15. The summed E-state index contributed by atoms with van der Waals surface area (Å²) in [5.74, 6) is -5.88. The average molecular weight is 1070 g/mol. The Bertz CT molecular complexity index is 1780. The van der Waals surface area contributed by atoms with Crippen molar-refractivity contribution in [3.05, 3.63) is 98.2 Å². The fraction of sp³-hybridized carbons (Fsp3) is 0.222. The van der Waals surface area contributed by atoms with Gasteiger partial charge in [-0.2, -0.15) is 39.5 Å². The Morgan fingerprint density at radius 2 is 0.980 bits per heavy atom. The van der Waals surface area contributed by atoms with Crippen LogP contribution in [0.4, 0.5) is 48.3 Å². The summed E-state index contributed by atoms with van der Waals surface area (Å²) in [5.41, 5.74) is -5.08. The second-order valence-electron chi connectivity index (χ2n) is 9.10. The van der Waals surface area contributed by atoms with Crippen LogP contribution >= 0.6 is 63.6 Å². The summed E-state index contributed by atoms with van der Waals surface area (Å²) in [6.45, 7) is 0. The molecule has 3 N–H and O–H groups in total. The van der Waals surface area contributed by atoms with Gasteiger partial charge in [-0.3, -0.25) is 23.6 Å². The molecule has 9 nitrogen and oxygen atoms in total. The van der Waals surface area contributed by atoms with Gasteiger partial charge in [0.05, 0.1) is 46.7 Å². The molecule has 3 aromatic carbocycles. The molecule has 276 valence electrons. The van der Waals surface area contributed by atoms with Crippen molar-refractivity contribution in [3.63, 3.8) is 0 Å². The van der Waals surface area contributed by atoms with E-state index in [-0.39, 0.29) is 30.4 Å². The van der Waals surface area contributed by atoms with Gasteiger partial charge in [0.15, 0.2) is 63.6 Å². The van der Waals surface area contributed by atoms with Crippen molar-refractivity contribution >= 4 is 81.5 Å². The number of carbonyl (C=O) groups is 3. The molecular weight excluding hydrogens is 1060 g/mol. The van der Waals surface area contributed by atoms with Gasteiger partial charge in [-0.1, -0.05) is 0 Å². The van der Waals surface area contributed by atoms with Crippen molar-refractivity contribution in [2.45, 2.75) is 37.8 Å². The zero-order valence-electron chi connectivity index (χ0n) is 23.7. The summed E-state index contributed by atoms with van der Waals surface area (Å²) >= 11 is -5.99. The van der Waals surface area contributed by atoms with Crippen LogP contribution in [0.1, 0.15) is 33.4 Å². The molecule has 0 unspecified atom stereocenters. The van der Waals surface area contributed by atoms with Crippen LogP contribution in [0.25, 0.3) is 0 Å². The van der Waals surface area contributed by atoms with E-state index in [2.05, 4.69) is 0 Å². The molecule has 0 amide bonds. The van der Waals surface area contributed by atoms with Gasteiger partial charge in [-0.25, -0.2) is 8.78 Å². The smallest absolute Gasteiger partial charge is 0.417 e. The SMILES string of the molecule is O=Ic1c(CC(=O)O)cc(C(F)(F)F)cc1C(F)(F)F.O=Ic1c(F)cc(F)cc1CC(=O)O.O=Ic1ccc(C(F)(F)F)cc1CC(=O)O. The van der Waals surface area contributed by atoms with Crippen molar-refractivity contribution in [1.29, 1.82) is 0 Å². The summed E-state index contributed by atoms with van der Waals surface area (Å²) in [6, 6.07) is 4.23. The van der Waals surface area contributed by atoms with Crippen molar-refractivity contribution in [1.82, 2.24) is 0 Å². The van der Waals surface area contributed by atoms with E-state index in [1.165, 1.54) is 0 Å². The van der Waals surface area contributed by atoms with Crippen LogP contribution in [0.5, 0.6) is 0 Å². The molecule has 0 saturated heterocycles. The summed E-state index contributed by atoms with van der Waals surface area (Å²) in [7, 11) is 0. The molecule has 23 heteroatoms. The van der Waals surface area contributed by atoms with Crippen LogP contribution < -0.4 is 0 Å². The number of carboxylic acid groups (broad SMARTS) is 3. The zero-order valence-corrected chi connectivity index (χ0v) is 30.2. The first kappa shape index (κ1) is 44.9. The minimum absolute atomic E-state index is 0.0369. The first-order valence-electron chi connectivity index (χ1n) is 12.3. The number of rotatable bonds is 9. The molecule has 0 aliphatic heterocycles. The van der Waals surface area contributed by atoms with Crippen molar-refractivity contribution in [2.75, 3.05) is 0 Å². The van der Waals surface area contributed by atoms with Crippen LogP contribution in [0, 0.1) is 22.3 Å². The Balaban J connectivity index is 0.000000382. The third-order valence-electron chi connectivity index (χ3n) is 5.48. The molecule has 0 aliphatic rings. The van der Waals surface area contributed by atoms with E-state index in [0.29, 0.717) is 6.07 Å². The van der Waals surface area contributed by atoms with E-state index >= 15 is 0 Å². The molecule has 0 spiro atoms. The molecule has 0 saturated carbocycles. The third kappa shape index (κ3) is 14.3. The zero-order chi connectivity index (χ0) is 38.8. The van der Waals surface area contributed by atoms with Gasteiger partial charge in [0, 0.05) is 6.07 Å². The quantitative estimate of drug-likeness (QED) is 0.108. The highest BCUT2D eigenvalue weighted by Gasteiger charge is 2.40. The van der Waals surface area contributed by atoms with Crippen LogP contribution in [0.15, 0.2) is 42.5 Å². The summed E-state index contributed by atoms with van der Waals surface area (Å²) in [6.07, 6.45) is -16.9. The van der Waals surface area contributed by atoms with Crippen LogP contribution in [-0.2, 0) is 61.4 Å². The van der Waals surface area contributed by atoms with Gasteiger partial charge < -0.3 is 15.3 Å². The molecule has 0 fully saturated rings. The lowest BCUT2D eigenvalue weighted by molar-refractivity contribution is -0.144. The fourth-order valence-electron chi connectivity index (χ4n) is 3.55. The van der Waals surface area contributed by atoms with Gasteiger partial charge in [0.2, 0.25) is 0 Å². The first-order valence-corrected chi connectivity index (χ1v) is 18.2. The Kier molecular flexibility index (Phi) is 17.0. The minimum Gasteiger partial charge on any atom is -0.481 e. The largest absolute Gasteiger partial charge is 0.481 e. The van der Waals surface area contributed by atoms with Crippen LogP contribution in [0.3, 0.4) is 0 Å². The summed E-state index contributed by atoms with van der Waals surface area (Å²) in [4.78, 5) is 31.3. The molecular formula is C27H16F11I3O9. The Morgan fingerprint density at radius 3 is 1.38 bits per heavy atom. The topological polar surface area (TPSA) is 163 Å². The summed E-state index contributed by atoms with van der Waals surface area (Å²) < 4.78 is 170. The van der Waals surface area contributed by atoms with Gasteiger partial charge in [-0.15, -0.1) is 0 Å². The van der Waals surface area contributed by atoms with Crippen LogP contribution in [-0.4, -0.2) is 33.2 Å². The number of aliphatic carboxylic acids is 3. The monoisotopic (exact) mass is 1070 g/mol. The maximum absolute atomic E-state index is 13.0. The van der Waals surface area contributed by atoms with Gasteiger partial charge >= 0.3 is 36.4 Å². The van der Waals surface area contributed by atoms with Crippen molar-refractivity contribution in [2.24, 2.45) is 0 Å². The lowest BCUT2D eigenvalue weighted by Crippen LogP contribution is -2.16. The lowest BCUT2D eigenvalue weighted by atomic mass is 10.0. The van der Waals surface area contributed by atoms with E-state index in [1.807, 2.05) is 0 Å². The standard InChI is InChI=1S/C10H5F6IO3.C9H6F3IO3.C8H5F2IO3/c11-9(12,13)5-1-4(2-7(18)19)8(17-20)6(3-5)10(14,15)16;10-9(11,12)6-1-2-7(13-16)5(3-6)4-8(14)15;9-5-1-4(2-7(12)13)8(11-14)6(10)3-5/h1,3H,2H2,(H,18,19);1-3H,4H2,(H,14,15);1,3H,2H2,(H,12,13).